The van der Waals surface area contributed by atoms with Crippen LogP contribution in [0.5, 0.6) is 5.75 Å². The molecule has 0 radical (unpaired) electrons. The fourth-order valence-electron chi connectivity index (χ4n) is 2.45. The van der Waals surface area contributed by atoms with Crippen LogP contribution in [0, 0.1) is 0 Å². The van der Waals surface area contributed by atoms with E-state index in [1.807, 2.05) is 60.7 Å². The Morgan fingerprint density at radius 2 is 1.71 bits per heavy atom. The molecule has 0 atom stereocenters. The Morgan fingerprint density at radius 3 is 2.39 bits per heavy atom. The number of ether oxygens (including phenoxy) is 2. The summed E-state index contributed by atoms with van der Waals surface area (Å²) < 4.78 is 10.4. The number of benzene rings is 2. The molecule has 0 bridgehead atoms. The Labute approximate surface area is 163 Å². The lowest BCUT2D eigenvalue weighted by atomic mass is 10.1. The van der Waals surface area contributed by atoms with Crippen LogP contribution in [0.3, 0.4) is 0 Å². The zero-order valence-electron chi connectivity index (χ0n) is 15.6. The minimum absolute atomic E-state index is 0.345. The molecule has 3 aromatic rings. The van der Waals surface area contributed by atoms with Crippen LogP contribution in [0.2, 0.25) is 0 Å². The van der Waals surface area contributed by atoms with Crippen molar-refractivity contribution in [2.24, 2.45) is 0 Å². The van der Waals surface area contributed by atoms with Gasteiger partial charge in [0.2, 0.25) is 0 Å². The monoisotopic (exact) mass is 378 g/mol. The van der Waals surface area contributed by atoms with Crippen LogP contribution in [0.25, 0.3) is 11.3 Å². The maximum Gasteiger partial charge on any atom is 0.320 e. The normalized spacial score (nSPS) is 10.3. The molecule has 0 unspecified atom stereocenters. The Hall–Kier alpha value is -3.45. The fraction of sp³-hybridized carbons (Fsp3) is 0.190. The zero-order chi connectivity index (χ0) is 19.6. The predicted molar refractivity (Wildman–Crippen MR) is 107 cm³/mol. The van der Waals surface area contributed by atoms with Crippen molar-refractivity contribution in [1.82, 2.24) is 15.5 Å². The number of anilines is 1. The first kappa shape index (κ1) is 19.3. The van der Waals surface area contributed by atoms with Gasteiger partial charge in [-0.1, -0.05) is 42.5 Å². The fourth-order valence-corrected chi connectivity index (χ4v) is 2.45. The minimum Gasteiger partial charge on any atom is -0.491 e. The molecule has 3 rings (SSSR count). The van der Waals surface area contributed by atoms with E-state index < -0.39 is 0 Å². The summed E-state index contributed by atoms with van der Waals surface area (Å²) in [5.41, 5.74) is 2.68. The first-order chi connectivity index (χ1) is 13.7. The Balaban J connectivity index is 1.46. The molecule has 2 amide bonds. The SMILES string of the molecule is COCCOc1ccc(CNC(=O)Nc2ccc(-c3ccccc3)nn2)cc1. The first-order valence-corrected chi connectivity index (χ1v) is 8.89. The number of amides is 2. The number of methoxy groups -OCH3 is 1. The average Bonchev–Trinajstić information content (AvgIpc) is 2.74. The lowest BCUT2D eigenvalue weighted by Crippen LogP contribution is -2.28. The highest BCUT2D eigenvalue weighted by Crippen LogP contribution is 2.16. The minimum atomic E-state index is -0.345. The molecule has 1 aromatic heterocycles. The molecule has 2 aromatic carbocycles. The maximum atomic E-state index is 12.1. The highest BCUT2D eigenvalue weighted by Gasteiger charge is 2.05. The average molecular weight is 378 g/mol. The van der Waals surface area contributed by atoms with E-state index in [0.29, 0.717) is 25.6 Å². The Bertz CT molecular complexity index is 868. The van der Waals surface area contributed by atoms with E-state index in [-0.39, 0.29) is 6.03 Å². The summed E-state index contributed by atoms with van der Waals surface area (Å²) in [7, 11) is 1.63. The van der Waals surface area contributed by atoms with E-state index in [4.69, 9.17) is 9.47 Å². The van der Waals surface area contributed by atoms with Crippen molar-refractivity contribution in [3.05, 3.63) is 72.3 Å². The summed E-state index contributed by atoms with van der Waals surface area (Å²) in [4.78, 5) is 12.1. The van der Waals surface area contributed by atoms with Gasteiger partial charge in [0, 0.05) is 19.2 Å². The van der Waals surface area contributed by atoms with Gasteiger partial charge in [-0.15, -0.1) is 10.2 Å². The third-order valence-corrected chi connectivity index (χ3v) is 3.91. The summed E-state index contributed by atoms with van der Waals surface area (Å²) in [5, 5.41) is 13.7. The molecule has 0 spiro atoms. The molecular formula is C21H22N4O3. The van der Waals surface area contributed by atoms with Crippen molar-refractivity contribution in [3.63, 3.8) is 0 Å². The third-order valence-electron chi connectivity index (χ3n) is 3.91. The molecule has 28 heavy (non-hydrogen) atoms. The first-order valence-electron chi connectivity index (χ1n) is 8.89. The number of urea groups is 1. The molecular weight excluding hydrogens is 356 g/mol. The Morgan fingerprint density at radius 1 is 0.929 bits per heavy atom. The second kappa shape index (κ2) is 10.0. The molecule has 0 saturated heterocycles. The standard InChI is InChI=1S/C21H22N4O3/c1-27-13-14-28-18-9-7-16(8-10-18)15-22-21(26)23-20-12-11-19(24-25-20)17-5-3-2-4-6-17/h2-12H,13-15H2,1H3,(H2,22,23,25,26). The van der Waals surface area contributed by atoms with Crippen molar-refractivity contribution in [2.45, 2.75) is 6.54 Å². The summed E-state index contributed by atoms with van der Waals surface area (Å²) in [6.07, 6.45) is 0. The molecule has 2 N–H and O–H groups in total. The van der Waals surface area contributed by atoms with Gasteiger partial charge in [-0.25, -0.2) is 4.79 Å². The van der Waals surface area contributed by atoms with Crippen molar-refractivity contribution < 1.29 is 14.3 Å². The number of nitrogens with zero attached hydrogens (tertiary/aromatic N) is 2. The van der Waals surface area contributed by atoms with Crippen LogP contribution >= 0.6 is 0 Å². The number of hydrogen-bond donors (Lipinski definition) is 2. The molecule has 0 saturated carbocycles. The van der Waals surface area contributed by atoms with Crippen molar-refractivity contribution in [3.8, 4) is 17.0 Å². The number of carbonyl (C=O) groups excluding carboxylic acids is 1. The molecule has 7 heteroatoms. The van der Waals surface area contributed by atoms with Crippen LogP contribution in [0.15, 0.2) is 66.7 Å². The number of aromatic nitrogens is 2. The van der Waals surface area contributed by atoms with E-state index in [9.17, 15) is 4.79 Å². The lowest BCUT2D eigenvalue weighted by molar-refractivity contribution is 0.146. The van der Waals surface area contributed by atoms with E-state index >= 15 is 0 Å². The van der Waals surface area contributed by atoms with Crippen LogP contribution in [-0.2, 0) is 11.3 Å². The highest BCUT2D eigenvalue weighted by atomic mass is 16.5. The van der Waals surface area contributed by atoms with Gasteiger partial charge in [0.15, 0.2) is 5.82 Å². The van der Waals surface area contributed by atoms with E-state index in [2.05, 4.69) is 20.8 Å². The largest absolute Gasteiger partial charge is 0.491 e. The number of carbonyl (C=O) groups is 1. The van der Waals surface area contributed by atoms with Crippen LogP contribution in [0.1, 0.15) is 5.56 Å². The summed E-state index contributed by atoms with van der Waals surface area (Å²) in [5.74, 6) is 1.15. The van der Waals surface area contributed by atoms with Gasteiger partial charge in [-0.2, -0.15) is 0 Å². The van der Waals surface area contributed by atoms with E-state index in [0.717, 1.165) is 22.6 Å². The lowest BCUT2D eigenvalue weighted by Gasteiger charge is -2.09. The molecule has 0 aliphatic carbocycles. The van der Waals surface area contributed by atoms with Gasteiger partial charge in [-0.05, 0) is 29.8 Å². The van der Waals surface area contributed by atoms with Crippen molar-refractivity contribution >= 4 is 11.8 Å². The van der Waals surface area contributed by atoms with Crippen molar-refractivity contribution in [2.75, 3.05) is 25.6 Å². The number of hydrogen-bond acceptors (Lipinski definition) is 5. The van der Waals surface area contributed by atoms with Crippen LogP contribution in [-0.4, -0.2) is 36.6 Å². The number of nitrogens with one attached hydrogen (secondary N) is 2. The van der Waals surface area contributed by atoms with Gasteiger partial charge in [0.1, 0.15) is 12.4 Å². The van der Waals surface area contributed by atoms with E-state index in [1.54, 1.807) is 13.2 Å². The van der Waals surface area contributed by atoms with Gasteiger partial charge in [0.05, 0.1) is 12.3 Å². The summed E-state index contributed by atoms with van der Waals surface area (Å²) in [6.45, 7) is 1.43. The predicted octanol–water partition coefficient (Wildman–Crippen LogP) is 3.49. The topological polar surface area (TPSA) is 85.4 Å². The quantitative estimate of drug-likeness (QED) is 0.586. The molecule has 0 aliphatic heterocycles. The highest BCUT2D eigenvalue weighted by molar-refractivity contribution is 5.88. The molecule has 0 fully saturated rings. The Kier molecular flexibility index (Phi) is 6.92. The molecule has 1 heterocycles. The maximum absolute atomic E-state index is 12.1. The van der Waals surface area contributed by atoms with E-state index in [1.165, 1.54) is 0 Å². The van der Waals surface area contributed by atoms with Gasteiger partial charge in [-0.3, -0.25) is 5.32 Å². The number of rotatable bonds is 8. The summed E-state index contributed by atoms with van der Waals surface area (Å²) in [6, 6.07) is 20.5. The third kappa shape index (κ3) is 5.78. The van der Waals surface area contributed by atoms with Gasteiger partial charge >= 0.3 is 6.03 Å². The molecule has 144 valence electrons. The second-order valence-electron chi connectivity index (χ2n) is 5.96. The summed E-state index contributed by atoms with van der Waals surface area (Å²) >= 11 is 0. The van der Waals surface area contributed by atoms with Gasteiger partial charge < -0.3 is 14.8 Å². The van der Waals surface area contributed by atoms with Crippen LogP contribution < -0.4 is 15.4 Å². The van der Waals surface area contributed by atoms with Crippen LogP contribution in [0.4, 0.5) is 10.6 Å². The smallest absolute Gasteiger partial charge is 0.320 e. The molecule has 0 aliphatic rings. The van der Waals surface area contributed by atoms with Crippen molar-refractivity contribution in [1.29, 1.82) is 0 Å². The zero-order valence-corrected chi connectivity index (χ0v) is 15.6. The van der Waals surface area contributed by atoms with Gasteiger partial charge in [0.25, 0.3) is 0 Å². The molecule has 7 nitrogen and oxygen atoms in total. The second-order valence-corrected chi connectivity index (χ2v) is 5.96.